The van der Waals surface area contributed by atoms with Crippen LogP contribution in [0.25, 0.3) is 0 Å². The number of hydrogen-bond acceptors (Lipinski definition) is 6. The van der Waals surface area contributed by atoms with E-state index in [4.69, 9.17) is 5.11 Å². The molecule has 7 heteroatoms. The summed E-state index contributed by atoms with van der Waals surface area (Å²) < 4.78 is 8.98. The van der Waals surface area contributed by atoms with Crippen LogP contribution in [0.2, 0.25) is 0 Å². The Balaban J connectivity index is 4.05. The Hall–Kier alpha value is -1.63. The number of aliphatic hydroxyl groups is 1. The molecule has 0 aromatic rings. The SMILES string of the molecule is CCCCC(O)C(=O)OC(C)C(=O)OCC(=O)O. The number of rotatable bonds is 8. The van der Waals surface area contributed by atoms with E-state index >= 15 is 0 Å². The van der Waals surface area contributed by atoms with E-state index in [0.29, 0.717) is 6.42 Å². The highest BCUT2D eigenvalue weighted by atomic mass is 16.6. The molecule has 0 rings (SSSR count). The average molecular weight is 262 g/mol. The zero-order chi connectivity index (χ0) is 14.1. The van der Waals surface area contributed by atoms with E-state index in [-0.39, 0.29) is 6.42 Å². The molecule has 0 radical (unpaired) electrons. The van der Waals surface area contributed by atoms with E-state index in [0.717, 1.165) is 6.42 Å². The van der Waals surface area contributed by atoms with Gasteiger partial charge >= 0.3 is 17.9 Å². The maximum Gasteiger partial charge on any atom is 0.347 e. The summed E-state index contributed by atoms with van der Waals surface area (Å²) in [4.78, 5) is 32.6. The predicted molar refractivity (Wildman–Crippen MR) is 59.7 cm³/mol. The molecule has 7 nitrogen and oxygen atoms in total. The van der Waals surface area contributed by atoms with Gasteiger partial charge in [0.25, 0.3) is 0 Å². The van der Waals surface area contributed by atoms with E-state index in [1.807, 2.05) is 6.92 Å². The Morgan fingerprint density at radius 3 is 2.33 bits per heavy atom. The number of aliphatic hydroxyl groups excluding tert-OH is 1. The van der Waals surface area contributed by atoms with Gasteiger partial charge in [-0.3, -0.25) is 0 Å². The smallest absolute Gasteiger partial charge is 0.347 e. The summed E-state index contributed by atoms with van der Waals surface area (Å²) in [7, 11) is 0. The van der Waals surface area contributed by atoms with Gasteiger partial charge in [-0.2, -0.15) is 0 Å². The van der Waals surface area contributed by atoms with Gasteiger partial charge in [0.15, 0.2) is 18.8 Å². The van der Waals surface area contributed by atoms with E-state index < -0.39 is 36.7 Å². The molecular formula is C11H18O7. The van der Waals surface area contributed by atoms with Crippen LogP contribution in [-0.2, 0) is 23.9 Å². The maximum absolute atomic E-state index is 11.3. The van der Waals surface area contributed by atoms with E-state index in [2.05, 4.69) is 9.47 Å². The van der Waals surface area contributed by atoms with Crippen LogP contribution in [0, 0.1) is 0 Å². The van der Waals surface area contributed by atoms with Crippen LogP contribution in [0.3, 0.4) is 0 Å². The van der Waals surface area contributed by atoms with Crippen molar-refractivity contribution < 1.29 is 34.1 Å². The van der Waals surface area contributed by atoms with E-state index in [1.165, 1.54) is 6.92 Å². The number of carbonyl (C=O) groups excluding carboxylic acids is 2. The number of carboxylic acids is 1. The van der Waals surface area contributed by atoms with Gasteiger partial charge in [-0.05, 0) is 13.3 Å². The fourth-order valence-electron chi connectivity index (χ4n) is 1.07. The van der Waals surface area contributed by atoms with Crippen molar-refractivity contribution in [2.75, 3.05) is 6.61 Å². The Kier molecular flexibility index (Phi) is 7.69. The van der Waals surface area contributed by atoms with Gasteiger partial charge < -0.3 is 19.7 Å². The highest BCUT2D eigenvalue weighted by molar-refractivity contribution is 5.82. The summed E-state index contributed by atoms with van der Waals surface area (Å²) in [5, 5.41) is 17.7. The first-order chi connectivity index (χ1) is 8.38. The summed E-state index contributed by atoms with van der Waals surface area (Å²) in [5.74, 6) is -3.18. The summed E-state index contributed by atoms with van der Waals surface area (Å²) >= 11 is 0. The molecule has 2 atom stereocenters. The Bertz CT molecular complexity index is 300. The number of esters is 2. The Morgan fingerprint density at radius 2 is 1.83 bits per heavy atom. The topological polar surface area (TPSA) is 110 Å². The van der Waals surface area contributed by atoms with Crippen LogP contribution in [-0.4, -0.2) is 46.9 Å². The molecule has 2 N–H and O–H groups in total. The van der Waals surface area contributed by atoms with Crippen LogP contribution in [0.1, 0.15) is 33.1 Å². The van der Waals surface area contributed by atoms with Crippen molar-refractivity contribution in [3.8, 4) is 0 Å². The molecule has 0 aliphatic heterocycles. The van der Waals surface area contributed by atoms with Gasteiger partial charge in [-0.25, -0.2) is 14.4 Å². The standard InChI is InChI=1S/C11H18O7/c1-3-4-5-8(12)11(16)18-7(2)10(15)17-6-9(13)14/h7-8,12H,3-6H2,1-2H3,(H,13,14). The van der Waals surface area contributed by atoms with E-state index in [9.17, 15) is 19.5 Å². The second-order valence-electron chi connectivity index (χ2n) is 3.74. The summed E-state index contributed by atoms with van der Waals surface area (Å²) in [6, 6.07) is 0. The van der Waals surface area contributed by atoms with Crippen LogP contribution in [0.5, 0.6) is 0 Å². The van der Waals surface area contributed by atoms with Crippen molar-refractivity contribution in [3.05, 3.63) is 0 Å². The number of carbonyl (C=O) groups is 3. The quantitative estimate of drug-likeness (QED) is 0.597. The van der Waals surface area contributed by atoms with Crippen LogP contribution in [0.4, 0.5) is 0 Å². The highest BCUT2D eigenvalue weighted by Gasteiger charge is 2.24. The summed E-state index contributed by atoms with van der Waals surface area (Å²) in [6.45, 7) is 2.36. The molecule has 0 heterocycles. The van der Waals surface area contributed by atoms with Gasteiger partial charge in [0, 0.05) is 0 Å². The van der Waals surface area contributed by atoms with Crippen LogP contribution >= 0.6 is 0 Å². The molecular weight excluding hydrogens is 244 g/mol. The predicted octanol–water partition coefficient (Wildman–Crippen LogP) is 0.0970. The van der Waals surface area contributed by atoms with Crippen molar-refractivity contribution in [2.45, 2.75) is 45.3 Å². The zero-order valence-electron chi connectivity index (χ0n) is 10.4. The first kappa shape index (κ1) is 16.4. The minimum Gasteiger partial charge on any atom is -0.479 e. The molecule has 0 bridgehead atoms. The Labute approximate surface area is 105 Å². The lowest BCUT2D eigenvalue weighted by Gasteiger charge is -2.14. The molecule has 104 valence electrons. The number of hydrogen-bond donors (Lipinski definition) is 2. The second kappa shape index (κ2) is 8.46. The molecule has 0 aromatic heterocycles. The number of ether oxygens (including phenoxy) is 2. The van der Waals surface area contributed by atoms with E-state index in [1.54, 1.807) is 0 Å². The molecule has 0 aromatic carbocycles. The molecule has 0 amide bonds. The van der Waals surface area contributed by atoms with Gasteiger partial charge in [0.05, 0.1) is 0 Å². The number of unbranched alkanes of at least 4 members (excludes halogenated alkanes) is 1. The summed E-state index contributed by atoms with van der Waals surface area (Å²) in [6.07, 6.45) is -0.784. The third-order valence-electron chi connectivity index (χ3n) is 2.07. The molecule has 0 saturated heterocycles. The van der Waals surface area contributed by atoms with Crippen molar-refractivity contribution in [1.29, 1.82) is 0 Å². The van der Waals surface area contributed by atoms with Crippen LogP contribution < -0.4 is 0 Å². The fourth-order valence-corrected chi connectivity index (χ4v) is 1.07. The molecule has 2 unspecified atom stereocenters. The lowest BCUT2D eigenvalue weighted by Crippen LogP contribution is -2.32. The molecule has 18 heavy (non-hydrogen) atoms. The largest absolute Gasteiger partial charge is 0.479 e. The lowest BCUT2D eigenvalue weighted by atomic mass is 10.2. The highest BCUT2D eigenvalue weighted by Crippen LogP contribution is 2.05. The van der Waals surface area contributed by atoms with Gasteiger partial charge in [-0.1, -0.05) is 19.8 Å². The monoisotopic (exact) mass is 262 g/mol. The summed E-state index contributed by atoms with van der Waals surface area (Å²) in [5.41, 5.74) is 0. The molecule has 0 saturated carbocycles. The van der Waals surface area contributed by atoms with Gasteiger partial charge in [0.2, 0.25) is 0 Å². The molecule has 0 fully saturated rings. The minimum absolute atomic E-state index is 0.256. The van der Waals surface area contributed by atoms with Crippen molar-refractivity contribution in [2.24, 2.45) is 0 Å². The van der Waals surface area contributed by atoms with Gasteiger partial charge in [-0.15, -0.1) is 0 Å². The maximum atomic E-state index is 11.3. The molecule has 0 aliphatic rings. The normalized spacial score (nSPS) is 13.5. The zero-order valence-corrected chi connectivity index (χ0v) is 10.4. The number of carboxylic acid groups (broad SMARTS) is 1. The fraction of sp³-hybridized carbons (Fsp3) is 0.727. The second-order valence-corrected chi connectivity index (χ2v) is 3.74. The van der Waals surface area contributed by atoms with Crippen molar-refractivity contribution in [3.63, 3.8) is 0 Å². The van der Waals surface area contributed by atoms with Crippen molar-refractivity contribution >= 4 is 17.9 Å². The molecule has 0 spiro atoms. The van der Waals surface area contributed by atoms with Crippen LogP contribution in [0.15, 0.2) is 0 Å². The Morgan fingerprint density at radius 1 is 1.22 bits per heavy atom. The third kappa shape index (κ3) is 6.85. The number of aliphatic carboxylic acids is 1. The van der Waals surface area contributed by atoms with Gasteiger partial charge in [0.1, 0.15) is 0 Å². The molecule has 0 aliphatic carbocycles. The third-order valence-corrected chi connectivity index (χ3v) is 2.07. The minimum atomic E-state index is -1.30. The van der Waals surface area contributed by atoms with Crippen molar-refractivity contribution in [1.82, 2.24) is 0 Å². The lowest BCUT2D eigenvalue weighted by molar-refractivity contribution is -0.174. The first-order valence-electron chi connectivity index (χ1n) is 5.65. The average Bonchev–Trinajstić information content (AvgIpc) is 2.32. The first-order valence-corrected chi connectivity index (χ1v) is 5.65.